The van der Waals surface area contributed by atoms with Crippen molar-refractivity contribution in [1.29, 1.82) is 0 Å². The summed E-state index contributed by atoms with van der Waals surface area (Å²) in [5, 5.41) is 4.56. The number of benzene rings is 2. The molecule has 27 heavy (non-hydrogen) atoms. The Morgan fingerprint density at radius 1 is 1.07 bits per heavy atom. The highest BCUT2D eigenvalue weighted by Gasteiger charge is 2.15. The molecule has 2 aromatic carbocycles. The zero-order chi connectivity index (χ0) is 19.3. The second-order valence-electron chi connectivity index (χ2n) is 5.34. The van der Waals surface area contributed by atoms with Gasteiger partial charge in [0.1, 0.15) is 5.82 Å². The van der Waals surface area contributed by atoms with Crippen molar-refractivity contribution in [1.82, 2.24) is 4.98 Å². The Balaban J connectivity index is 1.63. The summed E-state index contributed by atoms with van der Waals surface area (Å²) < 4.78 is 39.7. The molecule has 0 aliphatic rings. The van der Waals surface area contributed by atoms with Crippen LogP contribution in [0, 0.1) is 5.82 Å². The molecule has 0 bridgehead atoms. The van der Waals surface area contributed by atoms with Gasteiger partial charge in [-0.25, -0.2) is 17.8 Å². The Morgan fingerprint density at radius 2 is 1.78 bits per heavy atom. The Morgan fingerprint density at radius 3 is 2.41 bits per heavy atom. The fourth-order valence-corrected chi connectivity index (χ4v) is 3.88. The molecule has 0 radical (unpaired) electrons. The maximum absolute atomic E-state index is 12.8. The van der Waals surface area contributed by atoms with E-state index >= 15 is 0 Å². The maximum atomic E-state index is 12.8. The minimum Gasteiger partial charge on any atom is -0.323 e. The molecule has 0 aliphatic heterocycles. The van der Waals surface area contributed by atoms with Gasteiger partial charge in [-0.15, -0.1) is 11.3 Å². The average Bonchev–Trinajstić information content (AvgIpc) is 3.14. The van der Waals surface area contributed by atoms with Gasteiger partial charge in [0.25, 0.3) is 10.0 Å². The zero-order valence-corrected chi connectivity index (χ0v) is 15.4. The van der Waals surface area contributed by atoms with E-state index in [9.17, 15) is 17.6 Å². The van der Waals surface area contributed by atoms with E-state index in [-0.39, 0.29) is 15.8 Å². The van der Waals surface area contributed by atoms with Crippen LogP contribution >= 0.6 is 11.3 Å². The largest absolute Gasteiger partial charge is 0.323 e. The number of carbonyl (C=O) groups is 1. The van der Waals surface area contributed by atoms with Crippen LogP contribution in [0.4, 0.5) is 15.2 Å². The molecule has 0 saturated carbocycles. The number of aromatic nitrogens is 1. The predicted molar refractivity (Wildman–Crippen MR) is 103 cm³/mol. The molecule has 0 aliphatic carbocycles. The molecule has 0 fully saturated rings. The van der Waals surface area contributed by atoms with Crippen LogP contribution in [-0.4, -0.2) is 19.3 Å². The van der Waals surface area contributed by atoms with Gasteiger partial charge in [-0.1, -0.05) is 12.1 Å². The van der Waals surface area contributed by atoms with Crippen molar-refractivity contribution in [3.8, 4) is 0 Å². The van der Waals surface area contributed by atoms with E-state index in [4.69, 9.17) is 0 Å². The lowest BCUT2D eigenvalue weighted by molar-refractivity contribution is -0.111. The summed E-state index contributed by atoms with van der Waals surface area (Å²) in [6, 6.07) is 11.4. The number of hydrogen-bond acceptors (Lipinski definition) is 5. The van der Waals surface area contributed by atoms with Crippen molar-refractivity contribution in [2.75, 3.05) is 10.0 Å². The topological polar surface area (TPSA) is 88.2 Å². The van der Waals surface area contributed by atoms with Crippen molar-refractivity contribution in [2.45, 2.75) is 4.90 Å². The van der Waals surface area contributed by atoms with E-state index in [2.05, 4.69) is 15.0 Å². The van der Waals surface area contributed by atoms with Crippen LogP contribution in [0.3, 0.4) is 0 Å². The van der Waals surface area contributed by atoms with E-state index in [1.165, 1.54) is 60.0 Å². The number of sulfonamides is 1. The molecule has 3 aromatic rings. The Labute approximate surface area is 159 Å². The molecular formula is C18H14FN3O3S2. The SMILES string of the molecule is O=C(/C=C\c1ccc(F)cc1)Nc1ccc(S(=O)(=O)Nc2nccs2)cc1. The number of amides is 1. The van der Waals surface area contributed by atoms with Crippen LogP contribution in [-0.2, 0) is 14.8 Å². The standard InChI is InChI=1S/C18H14FN3O3S2/c19-14-4-1-13(2-5-14)3-10-17(23)21-15-6-8-16(9-7-15)27(24,25)22-18-20-11-12-26-18/h1-12H,(H,20,22)(H,21,23)/b10-3-. The Kier molecular flexibility index (Phi) is 5.63. The van der Waals surface area contributed by atoms with E-state index in [0.717, 1.165) is 0 Å². The highest BCUT2D eigenvalue weighted by Crippen LogP contribution is 2.19. The minimum atomic E-state index is -3.74. The molecule has 9 heteroatoms. The van der Waals surface area contributed by atoms with Crippen LogP contribution in [0.2, 0.25) is 0 Å². The number of halogens is 1. The lowest BCUT2D eigenvalue weighted by Gasteiger charge is -2.07. The molecule has 0 saturated heterocycles. The summed E-state index contributed by atoms with van der Waals surface area (Å²) in [6.45, 7) is 0. The molecule has 6 nitrogen and oxygen atoms in total. The van der Waals surface area contributed by atoms with Crippen LogP contribution in [0.5, 0.6) is 0 Å². The van der Waals surface area contributed by atoms with E-state index in [0.29, 0.717) is 11.3 Å². The van der Waals surface area contributed by atoms with Gasteiger partial charge in [0.2, 0.25) is 5.91 Å². The van der Waals surface area contributed by atoms with Crippen molar-refractivity contribution < 1.29 is 17.6 Å². The smallest absolute Gasteiger partial charge is 0.263 e. The number of thiazole rings is 1. The third-order valence-electron chi connectivity index (χ3n) is 3.38. The maximum Gasteiger partial charge on any atom is 0.263 e. The molecular weight excluding hydrogens is 389 g/mol. The lowest BCUT2D eigenvalue weighted by atomic mass is 10.2. The first-order valence-electron chi connectivity index (χ1n) is 7.69. The van der Waals surface area contributed by atoms with E-state index in [1.54, 1.807) is 23.6 Å². The average molecular weight is 403 g/mol. The monoisotopic (exact) mass is 403 g/mol. The number of anilines is 2. The predicted octanol–water partition coefficient (Wildman–Crippen LogP) is 3.73. The number of hydrogen-bond donors (Lipinski definition) is 2. The van der Waals surface area contributed by atoms with Crippen molar-refractivity contribution in [3.63, 3.8) is 0 Å². The molecule has 138 valence electrons. The van der Waals surface area contributed by atoms with Gasteiger partial charge >= 0.3 is 0 Å². The summed E-state index contributed by atoms with van der Waals surface area (Å²) in [7, 11) is -3.74. The zero-order valence-electron chi connectivity index (χ0n) is 13.8. The summed E-state index contributed by atoms with van der Waals surface area (Å²) in [5.74, 6) is -0.744. The van der Waals surface area contributed by atoms with Gasteiger partial charge < -0.3 is 5.32 Å². The fourth-order valence-electron chi connectivity index (χ4n) is 2.09. The highest BCUT2D eigenvalue weighted by molar-refractivity contribution is 7.93. The summed E-state index contributed by atoms with van der Waals surface area (Å²) in [5.41, 5.74) is 1.12. The normalized spacial score (nSPS) is 11.4. The van der Waals surface area contributed by atoms with Crippen molar-refractivity contribution >= 4 is 44.2 Å². The minimum absolute atomic E-state index is 0.0533. The second-order valence-corrected chi connectivity index (χ2v) is 7.92. The highest BCUT2D eigenvalue weighted by atomic mass is 32.2. The van der Waals surface area contributed by atoms with E-state index in [1.807, 2.05) is 0 Å². The molecule has 0 spiro atoms. The molecule has 3 rings (SSSR count). The molecule has 0 atom stereocenters. The van der Waals surface area contributed by atoms with E-state index < -0.39 is 15.9 Å². The molecule has 0 unspecified atom stereocenters. The van der Waals surface area contributed by atoms with Gasteiger partial charge in [-0.3, -0.25) is 9.52 Å². The quantitative estimate of drug-likeness (QED) is 0.614. The van der Waals surface area contributed by atoms with Crippen LogP contribution in [0.25, 0.3) is 6.08 Å². The lowest BCUT2D eigenvalue weighted by Crippen LogP contribution is -2.13. The second kappa shape index (κ2) is 8.11. The Bertz CT molecular complexity index is 1050. The van der Waals surface area contributed by atoms with Crippen molar-refractivity contribution in [2.24, 2.45) is 0 Å². The first-order chi connectivity index (χ1) is 12.9. The van der Waals surface area contributed by atoms with Gasteiger partial charge in [-0.05, 0) is 48.0 Å². The number of rotatable bonds is 6. The number of carbonyl (C=O) groups excluding carboxylic acids is 1. The molecule has 1 aromatic heterocycles. The van der Waals surface area contributed by atoms with Gasteiger partial charge in [-0.2, -0.15) is 0 Å². The third-order valence-corrected chi connectivity index (χ3v) is 5.56. The molecule has 1 heterocycles. The van der Waals surface area contributed by atoms with Crippen LogP contribution in [0.1, 0.15) is 5.56 Å². The molecule has 2 N–H and O–H groups in total. The summed E-state index contributed by atoms with van der Waals surface area (Å²) in [4.78, 5) is 15.9. The third kappa shape index (κ3) is 5.22. The number of nitrogens with one attached hydrogen (secondary N) is 2. The first kappa shape index (κ1) is 18.7. The van der Waals surface area contributed by atoms with Gasteiger partial charge in [0.05, 0.1) is 4.90 Å². The van der Waals surface area contributed by atoms with Crippen LogP contribution in [0.15, 0.2) is 71.1 Å². The molecule has 1 amide bonds. The number of nitrogens with zero attached hydrogens (tertiary/aromatic N) is 1. The van der Waals surface area contributed by atoms with Crippen LogP contribution < -0.4 is 10.0 Å². The first-order valence-corrected chi connectivity index (χ1v) is 10.1. The summed E-state index contributed by atoms with van der Waals surface area (Å²) >= 11 is 1.17. The van der Waals surface area contributed by atoms with Gasteiger partial charge in [0.15, 0.2) is 5.13 Å². The van der Waals surface area contributed by atoms with Crippen molar-refractivity contribution in [3.05, 3.63) is 77.6 Å². The Hall–Kier alpha value is -3.04. The van der Waals surface area contributed by atoms with Gasteiger partial charge in [0, 0.05) is 23.3 Å². The fraction of sp³-hybridized carbons (Fsp3) is 0. The summed E-state index contributed by atoms with van der Waals surface area (Å²) in [6.07, 6.45) is 4.36.